The van der Waals surface area contributed by atoms with Crippen molar-refractivity contribution in [2.75, 3.05) is 30.4 Å². The molecule has 3 heterocycles. The van der Waals surface area contributed by atoms with E-state index in [2.05, 4.69) is 43.7 Å². The Hall–Kier alpha value is -2.65. The molecule has 4 rings (SSSR count). The fourth-order valence-electron chi connectivity index (χ4n) is 4.14. The Morgan fingerprint density at radius 2 is 1.90 bits per heavy atom. The Balaban J connectivity index is 1.80. The number of nitrogens with one attached hydrogen (secondary N) is 3. The van der Waals surface area contributed by atoms with Crippen molar-refractivity contribution in [3.8, 4) is 0 Å². The van der Waals surface area contributed by atoms with Gasteiger partial charge in [-0.05, 0) is 49.6 Å². The second kappa shape index (κ2) is 7.64. The smallest absolute Gasteiger partial charge is 0.240 e. The normalized spacial score (nSPS) is 20.2. The maximum atomic E-state index is 12.4. The van der Waals surface area contributed by atoms with E-state index in [1.807, 2.05) is 12.1 Å². The molecule has 0 saturated carbocycles. The van der Waals surface area contributed by atoms with Crippen LogP contribution in [0.3, 0.4) is 0 Å². The van der Waals surface area contributed by atoms with Crippen molar-refractivity contribution in [1.82, 2.24) is 19.7 Å². The minimum Gasteiger partial charge on any atom is -0.369 e. The van der Waals surface area contributed by atoms with E-state index in [0.717, 1.165) is 29.8 Å². The Labute approximate surface area is 170 Å². The second-order valence-electron chi connectivity index (χ2n) is 7.82. The summed E-state index contributed by atoms with van der Waals surface area (Å²) < 4.78 is 27.2. The van der Waals surface area contributed by atoms with E-state index < -0.39 is 10.0 Å². The molecule has 3 aromatic rings. The number of aromatic nitrogens is 3. The van der Waals surface area contributed by atoms with Gasteiger partial charge in [-0.3, -0.25) is 0 Å². The lowest BCUT2D eigenvalue weighted by molar-refractivity contribution is 0.357. The van der Waals surface area contributed by atoms with E-state index in [9.17, 15) is 8.42 Å². The fraction of sp³-hybridized carbons (Fsp3) is 0.400. The molecular formula is C20H26N6O2S. The molecule has 1 aliphatic heterocycles. The van der Waals surface area contributed by atoms with Crippen LogP contribution in [-0.2, 0) is 10.0 Å². The summed E-state index contributed by atoms with van der Waals surface area (Å²) in [6.07, 6.45) is 4.49. The molecule has 1 aliphatic rings. The van der Waals surface area contributed by atoms with Crippen molar-refractivity contribution in [1.29, 1.82) is 0 Å². The first-order valence-corrected chi connectivity index (χ1v) is 11.2. The summed E-state index contributed by atoms with van der Waals surface area (Å²) in [5.74, 6) is 1.78. The van der Waals surface area contributed by atoms with Crippen LogP contribution in [0.25, 0.3) is 11.0 Å². The highest BCUT2D eigenvalue weighted by Gasteiger charge is 2.25. The van der Waals surface area contributed by atoms with Crippen molar-refractivity contribution >= 4 is 38.2 Å². The van der Waals surface area contributed by atoms with Crippen LogP contribution in [-0.4, -0.2) is 43.5 Å². The molecule has 154 valence electrons. The minimum absolute atomic E-state index is 0.212. The Bertz CT molecular complexity index is 1120. The van der Waals surface area contributed by atoms with Gasteiger partial charge in [0.25, 0.3) is 0 Å². The van der Waals surface area contributed by atoms with Crippen molar-refractivity contribution in [3.63, 3.8) is 0 Å². The lowest BCUT2D eigenvalue weighted by Crippen LogP contribution is -2.39. The van der Waals surface area contributed by atoms with Gasteiger partial charge in [-0.2, -0.15) is 0 Å². The van der Waals surface area contributed by atoms with Crippen LogP contribution in [0.5, 0.6) is 0 Å². The average molecular weight is 415 g/mol. The van der Waals surface area contributed by atoms with Gasteiger partial charge in [0.1, 0.15) is 17.8 Å². The number of rotatable bonds is 5. The number of H-pyrrole nitrogens is 1. The van der Waals surface area contributed by atoms with E-state index in [4.69, 9.17) is 0 Å². The first-order chi connectivity index (χ1) is 13.9. The molecule has 8 nitrogen and oxygen atoms in total. The van der Waals surface area contributed by atoms with Crippen LogP contribution in [0.1, 0.15) is 20.3 Å². The Morgan fingerprint density at radius 3 is 2.62 bits per heavy atom. The summed E-state index contributed by atoms with van der Waals surface area (Å²) in [7, 11) is -2.15. The topological polar surface area (TPSA) is 103 Å². The summed E-state index contributed by atoms with van der Waals surface area (Å²) in [6, 6.07) is 7.11. The van der Waals surface area contributed by atoms with Gasteiger partial charge in [-0.25, -0.2) is 23.1 Å². The molecule has 1 fully saturated rings. The first kappa shape index (κ1) is 19.7. The van der Waals surface area contributed by atoms with Gasteiger partial charge in [0.15, 0.2) is 0 Å². The number of fused-ring (bicyclic) bond motifs is 1. The molecule has 0 spiro atoms. The number of hydrogen-bond acceptors (Lipinski definition) is 6. The highest BCUT2D eigenvalue weighted by molar-refractivity contribution is 7.89. The predicted octanol–water partition coefficient (Wildman–Crippen LogP) is 3.09. The molecule has 2 aromatic heterocycles. The highest BCUT2D eigenvalue weighted by Crippen LogP contribution is 2.35. The summed E-state index contributed by atoms with van der Waals surface area (Å²) in [5.41, 5.74) is 2.41. The molecule has 29 heavy (non-hydrogen) atoms. The summed E-state index contributed by atoms with van der Waals surface area (Å²) in [4.78, 5) is 14.2. The van der Waals surface area contributed by atoms with Crippen molar-refractivity contribution < 1.29 is 8.42 Å². The molecule has 0 bridgehead atoms. The Morgan fingerprint density at radius 1 is 1.14 bits per heavy atom. The van der Waals surface area contributed by atoms with E-state index >= 15 is 0 Å². The standard InChI is InChI=1S/C20H26N6O2S/c1-13-8-14(2)11-26(10-13)18-5-4-15(29(27,28)21-3)9-17(18)25-20-16-6-7-22-19(16)23-12-24-20/h4-7,9,12-14,21H,8,10-11H2,1-3H3,(H2,22,23,24,25). The highest BCUT2D eigenvalue weighted by atomic mass is 32.2. The summed E-state index contributed by atoms with van der Waals surface area (Å²) in [6.45, 7) is 6.37. The van der Waals surface area contributed by atoms with Gasteiger partial charge in [0, 0.05) is 19.3 Å². The second-order valence-corrected chi connectivity index (χ2v) is 9.71. The molecular weight excluding hydrogens is 388 g/mol. The predicted molar refractivity (Wildman–Crippen MR) is 115 cm³/mol. The van der Waals surface area contributed by atoms with Gasteiger partial charge < -0.3 is 15.2 Å². The lowest BCUT2D eigenvalue weighted by atomic mass is 9.91. The first-order valence-electron chi connectivity index (χ1n) is 9.75. The molecule has 9 heteroatoms. The lowest BCUT2D eigenvalue weighted by Gasteiger charge is -2.37. The molecule has 0 radical (unpaired) electrons. The monoisotopic (exact) mass is 414 g/mol. The Kier molecular flexibility index (Phi) is 5.18. The van der Waals surface area contributed by atoms with Crippen LogP contribution >= 0.6 is 0 Å². The molecule has 1 saturated heterocycles. The van der Waals surface area contributed by atoms with Gasteiger partial charge in [0.2, 0.25) is 10.0 Å². The van der Waals surface area contributed by atoms with Crippen LogP contribution in [0.2, 0.25) is 0 Å². The van der Waals surface area contributed by atoms with Crippen molar-refractivity contribution in [2.24, 2.45) is 11.8 Å². The summed E-state index contributed by atoms with van der Waals surface area (Å²) >= 11 is 0. The molecule has 3 N–H and O–H groups in total. The maximum Gasteiger partial charge on any atom is 0.240 e. The third-order valence-electron chi connectivity index (χ3n) is 5.36. The zero-order valence-corrected chi connectivity index (χ0v) is 17.6. The van der Waals surface area contributed by atoms with E-state index in [0.29, 0.717) is 23.3 Å². The number of nitrogens with zero attached hydrogens (tertiary/aromatic N) is 3. The number of hydrogen-bond donors (Lipinski definition) is 3. The SMILES string of the molecule is CNS(=O)(=O)c1ccc(N2CC(C)CC(C)C2)c(Nc2ncnc3[nH]ccc23)c1. The van der Waals surface area contributed by atoms with Gasteiger partial charge >= 0.3 is 0 Å². The number of benzene rings is 1. The third-order valence-corrected chi connectivity index (χ3v) is 6.78. The quantitative estimate of drug-likeness (QED) is 0.593. The van der Waals surface area contributed by atoms with Gasteiger partial charge in [-0.1, -0.05) is 13.8 Å². The number of piperidine rings is 1. The van der Waals surface area contributed by atoms with Crippen LogP contribution in [0, 0.1) is 11.8 Å². The van der Waals surface area contributed by atoms with Crippen LogP contribution in [0.4, 0.5) is 17.2 Å². The van der Waals surface area contributed by atoms with E-state index in [1.54, 1.807) is 18.3 Å². The number of anilines is 3. The van der Waals surface area contributed by atoms with Crippen LogP contribution < -0.4 is 14.9 Å². The van der Waals surface area contributed by atoms with E-state index in [1.165, 1.54) is 19.8 Å². The van der Waals surface area contributed by atoms with Crippen LogP contribution in [0.15, 0.2) is 41.7 Å². The number of sulfonamides is 1. The zero-order valence-electron chi connectivity index (χ0n) is 16.8. The molecule has 0 aliphatic carbocycles. The molecule has 0 amide bonds. The van der Waals surface area contributed by atoms with Gasteiger partial charge in [0.05, 0.1) is 21.7 Å². The molecule has 1 aromatic carbocycles. The average Bonchev–Trinajstić information content (AvgIpc) is 3.17. The van der Waals surface area contributed by atoms with E-state index in [-0.39, 0.29) is 4.90 Å². The third kappa shape index (κ3) is 3.92. The number of aromatic amines is 1. The van der Waals surface area contributed by atoms with Gasteiger partial charge in [-0.15, -0.1) is 0 Å². The summed E-state index contributed by atoms with van der Waals surface area (Å²) in [5, 5.41) is 4.21. The molecule has 2 unspecified atom stereocenters. The largest absolute Gasteiger partial charge is 0.369 e. The maximum absolute atomic E-state index is 12.4. The van der Waals surface area contributed by atoms with Crippen molar-refractivity contribution in [3.05, 3.63) is 36.8 Å². The zero-order chi connectivity index (χ0) is 20.6. The minimum atomic E-state index is -3.56. The van der Waals surface area contributed by atoms with Crippen molar-refractivity contribution in [2.45, 2.75) is 25.2 Å². The fourth-order valence-corrected chi connectivity index (χ4v) is 4.89. The molecule has 2 atom stereocenters.